The zero-order valence-electron chi connectivity index (χ0n) is 14.0. The second kappa shape index (κ2) is 8.35. The zero-order chi connectivity index (χ0) is 16.8. The summed E-state index contributed by atoms with van der Waals surface area (Å²) >= 11 is 1.76. The molecule has 1 fully saturated rings. The predicted molar refractivity (Wildman–Crippen MR) is 96.3 cm³/mol. The van der Waals surface area contributed by atoms with E-state index < -0.39 is 0 Å². The van der Waals surface area contributed by atoms with Gasteiger partial charge < -0.3 is 15.1 Å². The Hall–Kier alpha value is -1.79. The van der Waals surface area contributed by atoms with Gasteiger partial charge in [-0.1, -0.05) is 6.07 Å². The molecule has 5 nitrogen and oxygen atoms in total. The molecule has 2 aromatic heterocycles. The average Bonchev–Trinajstić information content (AvgIpc) is 3.31. The van der Waals surface area contributed by atoms with E-state index in [9.17, 15) is 4.79 Å². The lowest BCUT2D eigenvalue weighted by molar-refractivity contribution is 0.220. The Morgan fingerprint density at radius 2 is 2.17 bits per heavy atom. The number of carbonyl (C=O) groups is 1. The van der Waals surface area contributed by atoms with Gasteiger partial charge in [0.15, 0.2) is 0 Å². The summed E-state index contributed by atoms with van der Waals surface area (Å²) in [5, 5.41) is 8.13. The van der Waals surface area contributed by atoms with E-state index >= 15 is 0 Å². The quantitative estimate of drug-likeness (QED) is 0.807. The first-order chi connectivity index (χ1) is 11.7. The topological polar surface area (TPSA) is 57.5 Å². The molecular weight excluding hydrogens is 322 g/mol. The van der Waals surface area contributed by atoms with Gasteiger partial charge in [0.25, 0.3) is 0 Å². The van der Waals surface area contributed by atoms with Crippen molar-refractivity contribution >= 4 is 17.4 Å². The Morgan fingerprint density at radius 1 is 1.33 bits per heavy atom. The largest absolute Gasteiger partial charge is 0.469 e. The normalized spacial score (nSPS) is 17.5. The number of nitrogens with zero attached hydrogens (tertiary/aromatic N) is 1. The van der Waals surface area contributed by atoms with Crippen molar-refractivity contribution in [3.8, 4) is 0 Å². The van der Waals surface area contributed by atoms with Crippen LogP contribution in [-0.4, -0.2) is 36.6 Å². The highest BCUT2D eigenvalue weighted by Gasteiger charge is 2.24. The van der Waals surface area contributed by atoms with Crippen molar-refractivity contribution in [3.05, 3.63) is 46.5 Å². The molecule has 2 amide bonds. The van der Waals surface area contributed by atoms with E-state index in [0.29, 0.717) is 13.0 Å². The zero-order valence-corrected chi connectivity index (χ0v) is 14.8. The molecular formula is C18H25N3O2S. The van der Waals surface area contributed by atoms with Crippen LogP contribution >= 0.6 is 11.3 Å². The lowest BCUT2D eigenvalue weighted by atomic mass is 10.2. The van der Waals surface area contributed by atoms with Crippen LogP contribution in [0.1, 0.15) is 36.4 Å². The minimum atomic E-state index is -0.116. The van der Waals surface area contributed by atoms with E-state index in [0.717, 1.165) is 18.8 Å². The summed E-state index contributed by atoms with van der Waals surface area (Å²) in [5.74, 6) is 0.885. The molecule has 3 rings (SSSR count). The highest BCUT2D eigenvalue weighted by molar-refractivity contribution is 7.10. The minimum absolute atomic E-state index is 0.0307. The van der Waals surface area contributed by atoms with E-state index in [4.69, 9.17) is 4.42 Å². The van der Waals surface area contributed by atoms with Crippen LogP contribution in [0, 0.1) is 0 Å². The first-order valence-corrected chi connectivity index (χ1v) is 9.44. The van der Waals surface area contributed by atoms with Crippen molar-refractivity contribution in [2.45, 2.75) is 38.3 Å². The van der Waals surface area contributed by atoms with Crippen LogP contribution in [0.4, 0.5) is 4.79 Å². The van der Waals surface area contributed by atoms with Gasteiger partial charge in [0, 0.05) is 23.9 Å². The highest BCUT2D eigenvalue weighted by Crippen LogP contribution is 2.27. The number of hydrogen-bond donors (Lipinski definition) is 2. The second-order valence-electron chi connectivity index (χ2n) is 6.31. The molecule has 2 N–H and O–H groups in total. The third kappa shape index (κ3) is 4.61. The van der Waals surface area contributed by atoms with Gasteiger partial charge >= 0.3 is 6.03 Å². The maximum Gasteiger partial charge on any atom is 0.315 e. The Morgan fingerprint density at radius 3 is 2.83 bits per heavy atom. The lowest BCUT2D eigenvalue weighted by Crippen LogP contribution is -2.44. The van der Waals surface area contributed by atoms with Gasteiger partial charge in [-0.25, -0.2) is 4.79 Å². The van der Waals surface area contributed by atoms with Crippen LogP contribution < -0.4 is 10.6 Å². The van der Waals surface area contributed by atoms with Gasteiger partial charge in [0.05, 0.1) is 12.3 Å². The van der Waals surface area contributed by atoms with Gasteiger partial charge in [0.1, 0.15) is 5.76 Å². The van der Waals surface area contributed by atoms with Gasteiger partial charge in [-0.15, -0.1) is 11.3 Å². The van der Waals surface area contributed by atoms with Crippen molar-refractivity contribution < 1.29 is 9.21 Å². The minimum Gasteiger partial charge on any atom is -0.469 e. The number of urea groups is 1. The van der Waals surface area contributed by atoms with Crippen molar-refractivity contribution in [3.63, 3.8) is 0 Å². The number of rotatable bonds is 7. The summed E-state index contributed by atoms with van der Waals surface area (Å²) in [5.41, 5.74) is 0. The van der Waals surface area contributed by atoms with Gasteiger partial charge in [-0.3, -0.25) is 4.90 Å². The molecule has 1 saturated heterocycles. The summed E-state index contributed by atoms with van der Waals surface area (Å²) < 4.78 is 5.32. The monoisotopic (exact) mass is 347 g/mol. The van der Waals surface area contributed by atoms with Crippen LogP contribution in [0.5, 0.6) is 0 Å². The summed E-state index contributed by atoms with van der Waals surface area (Å²) in [6.07, 6.45) is 4.84. The maximum atomic E-state index is 12.2. The number of likely N-dealkylation sites (tertiary alicyclic amines) is 1. The molecule has 3 heterocycles. The van der Waals surface area contributed by atoms with Crippen LogP contribution in [0.25, 0.3) is 0 Å². The third-order valence-electron chi connectivity index (χ3n) is 4.37. The Balaban J connectivity index is 1.49. The summed E-state index contributed by atoms with van der Waals surface area (Å²) in [4.78, 5) is 16.0. The van der Waals surface area contributed by atoms with E-state index in [1.165, 1.54) is 17.7 Å². The van der Waals surface area contributed by atoms with Gasteiger partial charge in [0.2, 0.25) is 0 Å². The van der Waals surface area contributed by atoms with Crippen molar-refractivity contribution in [2.75, 3.05) is 19.6 Å². The second-order valence-corrected chi connectivity index (χ2v) is 7.29. The molecule has 6 heteroatoms. The highest BCUT2D eigenvalue weighted by atomic mass is 32.1. The fraction of sp³-hybridized carbons (Fsp3) is 0.500. The number of amides is 2. The summed E-state index contributed by atoms with van der Waals surface area (Å²) in [7, 11) is 0. The predicted octanol–water partition coefficient (Wildman–Crippen LogP) is 3.41. The van der Waals surface area contributed by atoms with Gasteiger partial charge in [-0.05, 0) is 56.4 Å². The molecule has 0 aliphatic carbocycles. The molecule has 1 aliphatic heterocycles. The first-order valence-electron chi connectivity index (χ1n) is 8.56. The molecule has 2 atom stereocenters. The Labute approximate surface area is 147 Å². The molecule has 0 radical (unpaired) electrons. The van der Waals surface area contributed by atoms with Crippen molar-refractivity contribution in [1.29, 1.82) is 0 Å². The molecule has 0 saturated carbocycles. The molecule has 1 aliphatic rings. The average molecular weight is 347 g/mol. The number of nitrogens with one attached hydrogen (secondary N) is 2. The summed E-state index contributed by atoms with van der Waals surface area (Å²) in [6.45, 7) is 4.85. The van der Waals surface area contributed by atoms with Crippen LogP contribution in [0.15, 0.2) is 40.3 Å². The molecule has 0 unspecified atom stereocenters. The first kappa shape index (κ1) is 17.0. The maximum absolute atomic E-state index is 12.2. The van der Waals surface area contributed by atoms with Crippen LogP contribution in [-0.2, 0) is 6.42 Å². The summed E-state index contributed by atoms with van der Waals surface area (Å²) in [6, 6.07) is 8.22. The fourth-order valence-electron chi connectivity index (χ4n) is 3.19. The van der Waals surface area contributed by atoms with E-state index in [-0.39, 0.29) is 18.1 Å². The lowest BCUT2D eigenvalue weighted by Gasteiger charge is -2.27. The molecule has 2 aromatic rings. The van der Waals surface area contributed by atoms with Gasteiger partial charge in [-0.2, -0.15) is 0 Å². The van der Waals surface area contributed by atoms with Crippen molar-refractivity contribution in [1.82, 2.24) is 15.5 Å². The van der Waals surface area contributed by atoms with E-state index in [2.05, 4.69) is 33.0 Å². The van der Waals surface area contributed by atoms with Crippen molar-refractivity contribution in [2.24, 2.45) is 0 Å². The van der Waals surface area contributed by atoms with E-state index in [1.54, 1.807) is 17.6 Å². The number of hydrogen-bond acceptors (Lipinski definition) is 4. The van der Waals surface area contributed by atoms with Crippen LogP contribution in [0.2, 0.25) is 0 Å². The molecule has 130 valence electrons. The standard InChI is InChI=1S/C18H25N3O2S/c1-14(12-15-6-4-10-23-15)20-18(22)19-13-16(17-7-5-11-24-17)21-8-2-3-9-21/h4-7,10-11,14,16H,2-3,8-9,12-13H2,1H3,(H2,19,20,22)/t14-,16+/m0/s1. The van der Waals surface area contributed by atoms with E-state index in [1.807, 2.05) is 19.1 Å². The van der Waals surface area contributed by atoms with Crippen LogP contribution in [0.3, 0.4) is 0 Å². The Bertz CT molecular complexity index is 606. The number of furan rings is 1. The molecule has 0 aromatic carbocycles. The third-order valence-corrected chi connectivity index (χ3v) is 5.35. The smallest absolute Gasteiger partial charge is 0.315 e. The molecule has 0 spiro atoms. The number of carbonyl (C=O) groups excluding carboxylic acids is 1. The Kier molecular flexibility index (Phi) is 5.93. The molecule has 0 bridgehead atoms. The number of thiophene rings is 1. The molecule has 24 heavy (non-hydrogen) atoms. The SMILES string of the molecule is C[C@@H](Cc1ccco1)NC(=O)NC[C@H](c1cccs1)N1CCCC1. The fourth-order valence-corrected chi connectivity index (χ4v) is 4.05.